The molecule has 2 rings (SSSR count). The second-order valence-electron chi connectivity index (χ2n) is 4.70. The summed E-state index contributed by atoms with van der Waals surface area (Å²) in [7, 11) is 0. The molecule has 0 saturated carbocycles. The highest BCUT2D eigenvalue weighted by molar-refractivity contribution is 6.03. The number of nitrogens with zero attached hydrogens (tertiary/aromatic N) is 2. The average Bonchev–Trinajstić information content (AvgIpc) is 2.47. The molecule has 0 unspecified atom stereocenters. The van der Waals surface area contributed by atoms with Crippen LogP contribution in [0, 0.1) is 12.7 Å². The van der Waals surface area contributed by atoms with Crippen molar-refractivity contribution in [3.8, 4) is 0 Å². The van der Waals surface area contributed by atoms with Crippen molar-refractivity contribution in [2.45, 2.75) is 13.8 Å². The minimum Gasteiger partial charge on any atom is -0.409 e. The molecule has 0 radical (unpaired) electrons. The Morgan fingerprint density at radius 2 is 2.00 bits per heavy atom. The Hall–Kier alpha value is -2.56. The van der Waals surface area contributed by atoms with Gasteiger partial charge in [-0.15, -0.1) is 0 Å². The van der Waals surface area contributed by atoms with Crippen LogP contribution < -0.4 is 10.6 Å². The zero-order valence-electron chi connectivity index (χ0n) is 12.0. The third-order valence-electron chi connectivity index (χ3n) is 3.28. The third kappa shape index (κ3) is 2.97. The maximum absolute atomic E-state index is 14.1. The topological polar surface area (TPSA) is 61.8 Å². The van der Waals surface area contributed by atoms with Gasteiger partial charge >= 0.3 is 0 Å². The maximum Gasteiger partial charge on any atom is 0.175 e. The Balaban J connectivity index is 2.61. The predicted octanol–water partition coefficient (Wildman–Crippen LogP) is 3.39. The normalized spacial score (nSPS) is 11.5. The fourth-order valence-electron chi connectivity index (χ4n) is 2.33. The van der Waals surface area contributed by atoms with Gasteiger partial charge in [-0.25, -0.2) is 4.39 Å². The van der Waals surface area contributed by atoms with E-state index >= 15 is 0 Å². The Labute approximate surface area is 123 Å². The van der Waals surface area contributed by atoms with Crippen LogP contribution >= 0.6 is 0 Å². The van der Waals surface area contributed by atoms with Crippen molar-refractivity contribution < 1.29 is 9.60 Å². The fraction of sp³-hybridized carbons (Fsp3) is 0.188. The van der Waals surface area contributed by atoms with E-state index in [0.29, 0.717) is 12.2 Å². The molecule has 0 fully saturated rings. The lowest BCUT2D eigenvalue weighted by Crippen LogP contribution is -2.23. The lowest BCUT2D eigenvalue weighted by Gasteiger charge is -2.26. The summed E-state index contributed by atoms with van der Waals surface area (Å²) in [6, 6.07) is 12.5. The minimum atomic E-state index is -0.520. The van der Waals surface area contributed by atoms with Crippen molar-refractivity contribution >= 4 is 17.2 Å². The first-order chi connectivity index (χ1) is 10.1. The van der Waals surface area contributed by atoms with Crippen molar-refractivity contribution in [1.29, 1.82) is 0 Å². The molecule has 0 bridgehead atoms. The van der Waals surface area contributed by atoms with Gasteiger partial charge in [-0.05, 0) is 43.7 Å². The predicted molar refractivity (Wildman–Crippen MR) is 82.8 cm³/mol. The molecule has 0 aromatic heterocycles. The summed E-state index contributed by atoms with van der Waals surface area (Å²) >= 11 is 0. The molecule has 0 aliphatic heterocycles. The van der Waals surface area contributed by atoms with Gasteiger partial charge in [0.15, 0.2) is 5.84 Å². The number of hydrogen-bond donors (Lipinski definition) is 2. The van der Waals surface area contributed by atoms with Gasteiger partial charge in [-0.2, -0.15) is 0 Å². The zero-order valence-corrected chi connectivity index (χ0v) is 12.0. The molecular formula is C16H18FN3O. The van der Waals surface area contributed by atoms with Gasteiger partial charge in [0, 0.05) is 12.2 Å². The monoisotopic (exact) mass is 287 g/mol. The van der Waals surface area contributed by atoms with Crippen LogP contribution in [0.4, 0.5) is 15.8 Å². The number of nitrogens with two attached hydrogens (primary N) is 1. The van der Waals surface area contributed by atoms with E-state index in [9.17, 15) is 4.39 Å². The van der Waals surface area contributed by atoms with Crippen molar-refractivity contribution in [3.05, 3.63) is 59.4 Å². The largest absolute Gasteiger partial charge is 0.409 e. The molecule has 0 amide bonds. The van der Waals surface area contributed by atoms with Crippen LogP contribution in [0.1, 0.15) is 18.1 Å². The van der Waals surface area contributed by atoms with E-state index in [4.69, 9.17) is 10.9 Å². The summed E-state index contributed by atoms with van der Waals surface area (Å²) in [5.74, 6) is -0.761. The lowest BCUT2D eigenvalue weighted by molar-refractivity contribution is 0.318. The SMILES string of the molecule is CCN(c1cccc(C)c1)c1cccc(F)c1C(N)=NO. The molecule has 4 nitrogen and oxygen atoms in total. The number of aryl methyl sites for hydroxylation is 1. The van der Waals surface area contributed by atoms with Crippen molar-refractivity contribution in [1.82, 2.24) is 0 Å². The van der Waals surface area contributed by atoms with Crippen LogP contribution in [0.15, 0.2) is 47.6 Å². The highest BCUT2D eigenvalue weighted by Gasteiger charge is 2.18. The van der Waals surface area contributed by atoms with E-state index < -0.39 is 5.82 Å². The molecule has 0 saturated heterocycles. The van der Waals surface area contributed by atoms with Gasteiger partial charge in [-0.1, -0.05) is 23.4 Å². The average molecular weight is 287 g/mol. The van der Waals surface area contributed by atoms with E-state index in [1.165, 1.54) is 6.07 Å². The minimum absolute atomic E-state index is 0.100. The van der Waals surface area contributed by atoms with Crippen LogP contribution in [0.2, 0.25) is 0 Å². The summed E-state index contributed by atoms with van der Waals surface area (Å²) in [6.07, 6.45) is 0. The van der Waals surface area contributed by atoms with Crippen LogP contribution in [0.3, 0.4) is 0 Å². The van der Waals surface area contributed by atoms with E-state index in [2.05, 4.69) is 5.16 Å². The van der Waals surface area contributed by atoms with Crippen molar-refractivity contribution in [2.24, 2.45) is 10.9 Å². The summed E-state index contributed by atoms with van der Waals surface area (Å²) in [5.41, 5.74) is 8.33. The van der Waals surface area contributed by atoms with Gasteiger partial charge in [0.1, 0.15) is 5.82 Å². The maximum atomic E-state index is 14.1. The lowest BCUT2D eigenvalue weighted by atomic mass is 10.1. The van der Waals surface area contributed by atoms with Crippen LogP contribution in [-0.2, 0) is 0 Å². The molecule has 0 atom stereocenters. The molecule has 2 aromatic rings. The molecule has 0 spiro atoms. The Bertz CT molecular complexity index is 670. The highest BCUT2D eigenvalue weighted by Crippen LogP contribution is 2.30. The summed E-state index contributed by atoms with van der Waals surface area (Å²) < 4.78 is 14.1. The van der Waals surface area contributed by atoms with Gasteiger partial charge < -0.3 is 15.8 Å². The van der Waals surface area contributed by atoms with E-state index in [1.54, 1.807) is 12.1 Å². The van der Waals surface area contributed by atoms with Gasteiger partial charge in [0.05, 0.1) is 11.3 Å². The zero-order chi connectivity index (χ0) is 15.4. The quantitative estimate of drug-likeness (QED) is 0.392. The third-order valence-corrected chi connectivity index (χ3v) is 3.28. The number of oxime groups is 1. The van der Waals surface area contributed by atoms with E-state index in [1.807, 2.05) is 43.0 Å². The van der Waals surface area contributed by atoms with E-state index in [0.717, 1.165) is 11.3 Å². The Morgan fingerprint density at radius 1 is 1.29 bits per heavy atom. The highest BCUT2D eigenvalue weighted by atomic mass is 19.1. The fourth-order valence-corrected chi connectivity index (χ4v) is 2.33. The van der Waals surface area contributed by atoms with Crippen molar-refractivity contribution in [3.63, 3.8) is 0 Å². The molecular weight excluding hydrogens is 269 g/mol. The van der Waals surface area contributed by atoms with Crippen LogP contribution in [0.5, 0.6) is 0 Å². The first-order valence-electron chi connectivity index (χ1n) is 6.69. The van der Waals surface area contributed by atoms with Gasteiger partial charge in [0.2, 0.25) is 0 Å². The van der Waals surface area contributed by atoms with Crippen LogP contribution in [0.25, 0.3) is 0 Å². The number of anilines is 2. The molecule has 0 heterocycles. The standard InChI is InChI=1S/C16H18FN3O/c1-3-20(12-7-4-6-11(2)10-12)14-9-5-8-13(17)15(14)16(18)19-21/h4-10,21H,3H2,1-2H3,(H2,18,19). The van der Waals surface area contributed by atoms with Crippen molar-refractivity contribution in [2.75, 3.05) is 11.4 Å². The molecule has 2 aromatic carbocycles. The number of amidine groups is 1. The summed E-state index contributed by atoms with van der Waals surface area (Å²) in [5, 5.41) is 11.8. The van der Waals surface area contributed by atoms with Gasteiger partial charge in [0.25, 0.3) is 0 Å². The molecule has 21 heavy (non-hydrogen) atoms. The Morgan fingerprint density at radius 3 is 2.62 bits per heavy atom. The molecule has 5 heteroatoms. The number of benzene rings is 2. The van der Waals surface area contributed by atoms with Crippen LogP contribution in [-0.4, -0.2) is 17.6 Å². The first-order valence-corrected chi connectivity index (χ1v) is 6.69. The number of rotatable bonds is 4. The number of hydrogen-bond acceptors (Lipinski definition) is 3. The second-order valence-corrected chi connectivity index (χ2v) is 4.70. The molecule has 110 valence electrons. The molecule has 0 aliphatic rings. The van der Waals surface area contributed by atoms with E-state index in [-0.39, 0.29) is 11.4 Å². The summed E-state index contributed by atoms with van der Waals surface area (Å²) in [4.78, 5) is 1.92. The second kappa shape index (κ2) is 6.26. The molecule has 3 N–H and O–H groups in total. The first kappa shape index (κ1) is 14.8. The van der Waals surface area contributed by atoms with Gasteiger partial charge in [-0.3, -0.25) is 0 Å². The summed E-state index contributed by atoms with van der Waals surface area (Å²) in [6.45, 7) is 4.58. The number of halogens is 1. The molecule has 0 aliphatic carbocycles. The smallest absolute Gasteiger partial charge is 0.175 e. The Kier molecular flexibility index (Phi) is 4.42.